The summed E-state index contributed by atoms with van der Waals surface area (Å²) in [6.45, 7) is 5.74. The maximum Gasteiger partial charge on any atom is 0.303 e. The molecule has 0 unspecified atom stereocenters. The number of para-hydroxylation sites is 1. The third kappa shape index (κ3) is 7.46. The van der Waals surface area contributed by atoms with Crippen molar-refractivity contribution in [1.29, 1.82) is 0 Å². The van der Waals surface area contributed by atoms with Gasteiger partial charge in [-0.3, -0.25) is 4.79 Å². The van der Waals surface area contributed by atoms with Crippen LogP contribution in [-0.2, 0) is 11.3 Å². The first kappa shape index (κ1) is 24.0. The van der Waals surface area contributed by atoms with E-state index in [1.54, 1.807) is 18.2 Å². The van der Waals surface area contributed by atoms with Gasteiger partial charge in [0.2, 0.25) is 0 Å². The summed E-state index contributed by atoms with van der Waals surface area (Å²) in [7, 11) is 0. The minimum Gasteiger partial charge on any atom is -0.493 e. The molecule has 0 saturated heterocycles. The van der Waals surface area contributed by atoms with E-state index in [9.17, 15) is 4.79 Å². The Hall–Kier alpha value is -2.70. The SMILES string of the molecule is CC(C)N(Cc1ccccc1OCCCCCC(=O)O)Sc1ccc(-c2ccco2)cc1. The number of carbonyl (C=O) groups is 1. The second-order valence-corrected chi connectivity index (χ2v) is 9.05. The summed E-state index contributed by atoms with van der Waals surface area (Å²) >= 11 is 1.74. The number of benzene rings is 2. The third-order valence-corrected chi connectivity index (χ3v) is 6.32. The molecule has 1 N–H and O–H groups in total. The molecular formula is C26H31NO4S. The van der Waals surface area contributed by atoms with Crippen molar-refractivity contribution in [3.63, 3.8) is 0 Å². The summed E-state index contributed by atoms with van der Waals surface area (Å²) in [5, 5.41) is 8.73. The summed E-state index contributed by atoms with van der Waals surface area (Å²) in [4.78, 5) is 11.8. The molecule has 0 saturated carbocycles. The molecule has 0 bridgehead atoms. The lowest BCUT2D eigenvalue weighted by Crippen LogP contribution is -2.23. The largest absolute Gasteiger partial charge is 0.493 e. The van der Waals surface area contributed by atoms with Gasteiger partial charge in [-0.15, -0.1) is 0 Å². The standard InChI is InChI=1S/C26H31NO4S/c1-20(2)27(32-23-15-13-21(14-16-23)24-11-8-18-31-24)19-22-9-5-6-10-25(22)30-17-7-3-4-12-26(28)29/h5-6,8-11,13-16,18,20H,3-4,7,12,17,19H2,1-2H3,(H,28,29). The fraction of sp³-hybridized carbons (Fsp3) is 0.346. The van der Waals surface area contributed by atoms with Crippen LogP contribution in [0.5, 0.6) is 5.75 Å². The number of carboxylic acid groups (broad SMARTS) is 1. The van der Waals surface area contributed by atoms with E-state index in [1.807, 2.05) is 30.3 Å². The molecule has 2 aromatic carbocycles. The minimum atomic E-state index is -0.738. The first-order chi connectivity index (χ1) is 15.5. The first-order valence-electron chi connectivity index (χ1n) is 11.0. The summed E-state index contributed by atoms with van der Waals surface area (Å²) in [5.41, 5.74) is 2.21. The van der Waals surface area contributed by atoms with Crippen molar-refractivity contribution in [2.45, 2.75) is 57.0 Å². The maximum absolute atomic E-state index is 10.6. The van der Waals surface area contributed by atoms with E-state index in [1.165, 1.54) is 4.90 Å². The van der Waals surface area contributed by atoms with Crippen LogP contribution in [0.25, 0.3) is 11.3 Å². The summed E-state index contributed by atoms with van der Waals surface area (Å²) < 4.78 is 13.9. The molecule has 0 aliphatic heterocycles. The molecule has 3 rings (SSSR count). The Morgan fingerprint density at radius 2 is 1.81 bits per heavy atom. The van der Waals surface area contributed by atoms with E-state index in [0.717, 1.165) is 42.0 Å². The third-order valence-electron chi connectivity index (χ3n) is 5.05. The van der Waals surface area contributed by atoms with Gasteiger partial charge in [-0.1, -0.05) is 30.3 Å². The molecule has 32 heavy (non-hydrogen) atoms. The van der Waals surface area contributed by atoms with Crippen molar-refractivity contribution in [3.8, 4) is 17.1 Å². The number of hydrogen-bond donors (Lipinski definition) is 1. The van der Waals surface area contributed by atoms with Crippen LogP contribution < -0.4 is 4.74 Å². The number of nitrogens with zero attached hydrogens (tertiary/aromatic N) is 1. The van der Waals surface area contributed by atoms with Gasteiger partial charge in [0, 0.05) is 35.0 Å². The fourth-order valence-corrected chi connectivity index (χ4v) is 4.20. The Labute approximate surface area is 194 Å². The van der Waals surface area contributed by atoms with Crippen LogP contribution in [0.1, 0.15) is 45.1 Å². The zero-order chi connectivity index (χ0) is 22.8. The predicted molar refractivity (Wildman–Crippen MR) is 129 cm³/mol. The number of aliphatic carboxylic acids is 1. The van der Waals surface area contributed by atoms with E-state index in [0.29, 0.717) is 19.1 Å². The van der Waals surface area contributed by atoms with E-state index in [2.05, 4.69) is 48.5 Å². The molecule has 0 aliphatic carbocycles. The van der Waals surface area contributed by atoms with Gasteiger partial charge >= 0.3 is 5.97 Å². The van der Waals surface area contributed by atoms with Gasteiger partial charge in [-0.2, -0.15) is 0 Å². The Balaban J connectivity index is 1.58. The highest BCUT2D eigenvalue weighted by Gasteiger charge is 2.15. The average Bonchev–Trinajstić information content (AvgIpc) is 3.32. The van der Waals surface area contributed by atoms with Gasteiger partial charge in [-0.25, -0.2) is 4.31 Å². The average molecular weight is 454 g/mol. The quantitative estimate of drug-likeness (QED) is 0.225. The zero-order valence-corrected chi connectivity index (χ0v) is 19.5. The van der Waals surface area contributed by atoms with Crippen molar-refractivity contribution in [2.24, 2.45) is 0 Å². The summed E-state index contributed by atoms with van der Waals surface area (Å²) in [6, 6.07) is 20.8. The van der Waals surface area contributed by atoms with Gasteiger partial charge in [-0.05, 0) is 75.4 Å². The van der Waals surface area contributed by atoms with Crippen molar-refractivity contribution >= 4 is 17.9 Å². The van der Waals surface area contributed by atoms with Crippen LogP contribution in [0, 0.1) is 0 Å². The van der Waals surface area contributed by atoms with Crippen LogP contribution in [-0.4, -0.2) is 28.0 Å². The van der Waals surface area contributed by atoms with Gasteiger partial charge in [0.15, 0.2) is 0 Å². The fourth-order valence-electron chi connectivity index (χ4n) is 3.26. The van der Waals surface area contributed by atoms with Crippen LogP contribution in [0.15, 0.2) is 76.2 Å². The van der Waals surface area contributed by atoms with Gasteiger partial charge in [0.1, 0.15) is 11.5 Å². The monoisotopic (exact) mass is 453 g/mol. The highest BCUT2D eigenvalue weighted by Crippen LogP contribution is 2.31. The van der Waals surface area contributed by atoms with Gasteiger partial charge in [0.25, 0.3) is 0 Å². The Kier molecular flexibility index (Phi) is 9.26. The van der Waals surface area contributed by atoms with Crippen LogP contribution in [0.2, 0.25) is 0 Å². The second kappa shape index (κ2) is 12.4. The van der Waals surface area contributed by atoms with E-state index in [4.69, 9.17) is 14.3 Å². The van der Waals surface area contributed by atoms with E-state index < -0.39 is 5.97 Å². The molecule has 0 amide bonds. The Morgan fingerprint density at radius 3 is 2.50 bits per heavy atom. The molecule has 5 nitrogen and oxygen atoms in total. The lowest BCUT2D eigenvalue weighted by atomic mass is 10.2. The molecule has 3 aromatic rings. The van der Waals surface area contributed by atoms with Crippen molar-refractivity contribution in [2.75, 3.05) is 6.61 Å². The molecule has 0 fully saturated rings. The second-order valence-electron chi connectivity index (χ2n) is 7.92. The Bertz CT molecular complexity index is 954. The van der Waals surface area contributed by atoms with Crippen molar-refractivity contribution in [1.82, 2.24) is 4.31 Å². The van der Waals surface area contributed by atoms with E-state index >= 15 is 0 Å². The summed E-state index contributed by atoms with van der Waals surface area (Å²) in [5.74, 6) is 1.03. The molecule has 1 heterocycles. The van der Waals surface area contributed by atoms with Gasteiger partial charge < -0.3 is 14.3 Å². The highest BCUT2D eigenvalue weighted by molar-refractivity contribution is 7.97. The predicted octanol–water partition coefficient (Wildman–Crippen LogP) is 6.89. The molecule has 0 spiro atoms. The lowest BCUT2D eigenvalue weighted by molar-refractivity contribution is -0.137. The molecule has 0 aliphatic rings. The molecule has 6 heteroatoms. The number of carboxylic acids is 1. The van der Waals surface area contributed by atoms with E-state index in [-0.39, 0.29) is 6.42 Å². The highest BCUT2D eigenvalue weighted by atomic mass is 32.2. The zero-order valence-electron chi connectivity index (χ0n) is 18.7. The molecule has 1 aromatic heterocycles. The molecule has 0 radical (unpaired) electrons. The lowest BCUT2D eigenvalue weighted by Gasteiger charge is -2.26. The van der Waals surface area contributed by atoms with Crippen molar-refractivity contribution in [3.05, 3.63) is 72.5 Å². The number of ether oxygens (including phenoxy) is 1. The number of furan rings is 1. The maximum atomic E-state index is 10.6. The van der Waals surface area contributed by atoms with Crippen LogP contribution >= 0.6 is 11.9 Å². The number of rotatable bonds is 13. The van der Waals surface area contributed by atoms with Gasteiger partial charge in [0.05, 0.1) is 12.9 Å². The minimum absolute atomic E-state index is 0.222. The Morgan fingerprint density at radius 1 is 1.03 bits per heavy atom. The molecular weight excluding hydrogens is 422 g/mol. The smallest absolute Gasteiger partial charge is 0.303 e. The number of hydrogen-bond acceptors (Lipinski definition) is 5. The normalized spacial score (nSPS) is 11.2. The summed E-state index contributed by atoms with van der Waals surface area (Å²) in [6.07, 6.45) is 4.31. The first-order valence-corrected chi connectivity index (χ1v) is 11.8. The van der Waals surface area contributed by atoms with Crippen molar-refractivity contribution < 1.29 is 19.1 Å². The molecule has 170 valence electrons. The molecule has 0 atom stereocenters. The van der Waals surface area contributed by atoms with Crippen LogP contribution in [0.4, 0.5) is 0 Å². The number of unbranched alkanes of at least 4 members (excludes halogenated alkanes) is 2. The van der Waals surface area contributed by atoms with Crippen LogP contribution in [0.3, 0.4) is 0 Å². The topological polar surface area (TPSA) is 62.9 Å².